The molecule has 2 heterocycles. The standard InChI is InChI=1S/C20H19N7O/c1-12-4-3-5-15(10-12)24-20-25-19(26-27-20)14-6-8-16(9-7-14)28-18-11-17(21)22-13(2)23-18/h3-11H,1-2H3,(H2,21,22,23)(H2,24,25,26,27). The Labute approximate surface area is 161 Å². The summed E-state index contributed by atoms with van der Waals surface area (Å²) in [6, 6.07) is 17.1. The van der Waals surface area contributed by atoms with Crippen molar-refractivity contribution in [1.29, 1.82) is 0 Å². The maximum Gasteiger partial charge on any atom is 0.246 e. The summed E-state index contributed by atoms with van der Waals surface area (Å²) in [5, 5.41) is 10.3. The first-order valence-electron chi connectivity index (χ1n) is 8.71. The molecule has 0 unspecified atom stereocenters. The smallest absolute Gasteiger partial charge is 0.246 e. The summed E-state index contributed by atoms with van der Waals surface area (Å²) in [5.74, 6) is 3.13. The van der Waals surface area contributed by atoms with E-state index < -0.39 is 0 Å². The van der Waals surface area contributed by atoms with Gasteiger partial charge in [0, 0.05) is 17.3 Å². The number of ether oxygens (including phenoxy) is 1. The zero-order chi connectivity index (χ0) is 19.5. The first-order chi connectivity index (χ1) is 13.5. The van der Waals surface area contributed by atoms with E-state index in [0.717, 1.165) is 16.8 Å². The maximum absolute atomic E-state index is 5.74. The Hall–Kier alpha value is -3.94. The van der Waals surface area contributed by atoms with Crippen molar-refractivity contribution in [2.24, 2.45) is 0 Å². The molecule has 0 saturated carbocycles. The molecule has 0 radical (unpaired) electrons. The number of anilines is 3. The van der Waals surface area contributed by atoms with Crippen molar-refractivity contribution >= 4 is 17.5 Å². The van der Waals surface area contributed by atoms with E-state index in [9.17, 15) is 0 Å². The van der Waals surface area contributed by atoms with Gasteiger partial charge in [-0.15, -0.1) is 5.10 Å². The fourth-order valence-electron chi connectivity index (χ4n) is 2.71. The van der Waals surface area contributed by atoms with Gasteiger partial charge in [0.2, 0.25) is 11.8 Å². The highest BCUT2D eigenvalue weighted by molar-refractivity contribution is 5.60. The molecule has 8 nitrogen and oxygen atoms in total. The van der Waals surface area contributed by atoms with Gasteiger partial charge in [0.25, 0.3) is 0 Å². The fourth-order valence-corrected chi connectivity index (χ4v) is 2.71. The SMILES string of the molecule is Cc1cccc(Nc2n[nH]c(-c3ccc(Oc4cc(N)nc(C)n4)cc3)n2)c1. The van der Waals surface area contributed by atoms with Gasteiger partial charge in [-0.05, 0) is 55.8 Å². The minimum absolute atomic E-state index is 0.370. The third-order valence-corrected chi connectivity index (χ3v) is 3.94. The average molecular weight is 373 g/mol. The summed E-state index contributed by atoms with van der Waals surface area (Å²) < 4.78 is 5.74. The van der Waals surface area contributed by atoms with Crippen molar-refractivity contribution in [2.75, 3.05) is 11.1 Å². The quantitative estimate of drug-likeness (QED) is 0.484. The molecule has 0 aliphatic rings. The number of nitrogens with one attached hydrogen (secondary N) is 2. The largest absolute Gasteiger partial charge is 0.439 e. The Morgan fingerprint density at radius 3 is 2.54 bits per heavy atom. The lowest BCUT2D eigenvalue weighted by Crippen LogP contribution is -1.97. The molecule has 140 valence electrons. The molecule has 0 bridgehead atoms. The summed E-state index contributed by atoms with van der Waals surface area (Å²) in [7, 11) is 0. The van der Waals surface area contributed by atoms with Crippen molar-refractivity contribution < 1.29 is 4.74 Å². The Morgan fingerprint density at radius 1 is 0.964 bits per heavy atom. The van der Waals surface area contributed by atoms with Gasteiger partial charge in [0.1, 0.15) is 17.4 Å². The zero-order valence-electron chi connectivity index (χ0n) is 15.5. The minimum Gasteiger partial charge on any atom is -0.439 e. The number of hydrogen-bond donors (Lipinski definition) is 3. The van der Waals surface area contributed by atoms with E-state index in [1.54, 1.807) is 13.0 Å². The lowest BCUT2D eigenvalue weighted by Gasteiger charge is -2.06. The second-order valence-corrected chi connectivity index (χ2v) is 6.31. The van der Waals surface area contributed by atoms with E-state index in [-0.39, 0.29) is 0 Å². The Morgan fingerprint density at radius 2 is 1.79 bits per heavy atom. The molecule has 8 heteroatoms. The molecule has 4 N–H and O–H groups in total. The number of H-pyrrole nitrogens is 1. The van der Waals surface area contributed by atoms with Crippen LogP contribution in [0.25, 0.3) is 11.4 Å². The Bertz CT molecular complexity index is 1090. The van der Waals surface area contributed by atoms with Crippen molar-refractivity contribution in [3.8, 4) is 23.0 Å². The predicted molar refractivity (Wildman–Crippen MR) is 108 cm³/mol. The highest BCUT2D eigenvalue weighted by Gasteiger charge is 2.08. The van der Waals surface area contributed by atoms with Crippen molar-refractivity contribution in [3.05, 3.63) is 66.0 Å². The van der Waals surface area contributed by atoms with Gasteiger partial charge in [-0.25, -0.2) is 4.98 Å². The maximum atomic E-state index is 5.74. The van der Waals surface area contributed by atoms with E-state index in [4.69, 9.17) is 10.5 Å². The van der Waals surface area contributed by atoms with Gasteiger partial charge >= 0.3 is 0 Å². The minimum atomic E-state index is 0.370. The summed E-state index contributed by atoms with van der Waals surface area (Å²) >= 11 is 0. The summed E-state index contributed by atoms with van der Waals surface area (Å²) in [4.78, 5) is 12.7. The zero-order valence-corrected chi connectivity index (χ0v) is 15.5. The monoisotopic (exact) mass is 373 g/mol. The van der Waals surface area contributed by atoms with Crippen LogP contribution < -0.4 is 15.8 Å². The lowest BCUT2D eigenvalue weighted by molar-refractivity contribution is 0.460. The van der Waals surface area contributed by atoms with Gasteiger partial charge in [-0.1, -0.05) is 12.1 Å². The Kier molecular flexibility index (Phi) is 4.59. The molecule has 4 rings (SSSR count). The van der Waals surface area contributed by atoms with Crippen LogP contribution in [0, 0.1) is 13.8 Å². The van der Waals surface area contributed by atoms with Crippen LogP contribution in [0.5, 0.6) is 11.6 Å². The van der Waals surface area contributed by atoms with Crippen LogP contribution in [-0.4, -0.2) is 25.1 Å². The molecule has 0 saturated heterocycles. The number of benzene rings is 2. The number of rotatable bonds is 5. The number of nitrogens with zero attached hydrogens (tertiary/aromatic N) is 4. The summed E-state index contributed by atoms with van der Waals surface area (Å²) in [6.07, 6.45) is 0. The number of aryl methyl sites for hydroxylation is 2. The number of hydrogen-bond acceptors (Lipinski definition) is 7. The molecule has 0 spiro atoms. The van der Waals surface area contributed by atoms with Crippen molar-refractivity contribution in [3.63, 3.8) is 0 Å². The number of nitrogen functional groups attached to an aromatic ring is 1. The average Bonchev–Trinajstić information content (AvgIpc) is 3.10. The Balaban J connectivity index is 1.47. The second kappa shape index (κ2) is 7.36. The summed E-state index contributed by atoms with van der Waals surface area (Å²) in [5.41, 5.74) is 8.71. The van der Waals surface area contributed by atoms with Gasteiger partial charge in [0.05, 0.1) is 0 Å². The molecular weight excluding hydrogens is 354 g/mol. The van der Waals surface area contributed by atoms with Gasteiger partial charge < -0.3 is 15.8 Å². The molecule has 4 aromatic rings. The van der Waals surface area contributed by atoms with Crippen LogP contribution in [0.3, 0.4) is 0 Å². The fraction of sp³-hybridized carbons (Fsp3) is 0.100. The molecule has 0 aliphatic carbocycles. The van der Waals surface area contributed by atoms with Crippen molar-refractivity contribution in [1.82, 2.24) is 25.1 Å². The highest BCUT2D eigenvalue weighted by atomic mass is 16.5. The van der Waals surface area contributed by atoms with Crippen LogP contribution >= 0.6 is 0 Å². The van der Waals surface area contributed by atoms with Crippen LogP contribution in [0.15, 0.2) is 54.6 Å². The van der Waals surface area contributed by atoms with Gasteiger partial charge in [-0.2, -0.15) is 9.97 Å². The van der Waals surface area contributed by atoms with Crippen LogP contribution in [0.1, 0.15) is 11.4 Å². The number of nitrogens with two attached hydrogens (primary N) is 1. The van der Waals surface area contributed by atoms with Crippen LogP contribution in [0.2, 0.25) is 0 Å². The van der Waals surface area contributed by atoms with E-state index >= 15 is 0 Å². The topological polar surface area (TPSA) is 115 Å². The van der Waals surface area contributed by atoms with Crippen LogP contribution in [-0.2, 0) is 0 Å². The summed E-state index contributed by atoms with van der Waals surface area (Å²) in [6.45, 7) is 3.80. The molecule has 28 heavy (non-hydrogen) atoms. The molecule has 2 aromatic carbocycles. The molecule has 2 aromatic heterocycles. The normalized spacial score (nSPS) is 10.6. The molecule has 0 atom stereocenters. The first kappa shape index (κ1) is 17.5. The lowest BCUT2D eigenvalue weighted by atomic mass is 10.2. The molecular formula is C20H19N7O. The van der Waals surface area contributed by atoms with E-state index in [0.29, 0.717) is 35.0 Å². The molecule has 0 aliphatic heterocycles. The third-order valence-electron chi connectivity index (χ3n) is 3.94. The van der Waals surface area contributed by atoms with E-state index in [1.807, 2.05) is 55.5 Å². The van der Waals surface area contributed by atoms with E-state index in [1.165, 1.54) is 0 Å². The number of aromatic amines is 1. The first-order valence-corrected chi connectivity index (χ1v) is 8.71. The molecule has 0 fully saturated rings. The second-order valence-electron chi connectivity index (χ2n) is 6.31. The molecule has 0 amide bonds. The predicted octanol–water partition coefficient (Wildman–Crippen LogP) is 4.00. The highest BCUT2D eigenvalue weighted by Crippen LogP contribution is 2.25. The van der Waals surface area contributed by atoms with Crippen LogP contribution in [0.4, 0.5) is 17.5 Å². The van der Waals surface area contributed by atoms with Gasteiger partial charge in [-0.3, -0.25) is 5.10 Å². The van der Waals surface area contributed by atoms with Crippen molar-refractivity contribution in [2.45, 2.75) is 13.8 Å². The van der Waals surface area contributed by atoms with E-state index in [2.05, 4.69) is 30.5 Å². The number of aromatic nitrogens is 5. The van der Waals surface area contributed by atoms with Gasteiger partial charge in [0.15, 0.2) is 5.82 Å². The third kappa shape index (κ3) is 4.07.